The Balaban J connectivity index is 1.81. The molecule has 0 aliphatic heterocycles. The summed E-state index contributed by atoms with van der Waals surface area (Å²) < 4.78 is 5.12. The van der Waals surface area contributed by atoms with Gasteiger partial charge in [-0.05, 0) is 38.3 Å². The van der Waals surface area contributed by atoms with E-state index in [0.717, 1.165) is 34.9 Å². The fraction of sp³-hybridized carbons (Fsp3) is 0.400. The van der Waals surface area contributed by atoms with Gasteiger partial charge in [0.15, 0.2) is 5.13 Å². The number of nitrogens with one attached hydrogen (secondary N) is 1. The Bertz CT molecular complexity index is 669. The molecule has 0 spiro atoms. The Labute approximate surface area is 127 Å². The van der Waals surface area contributed by atoms with Crippen LogP contribution in [0.2, 0.25) is 0 Å². The number of hydrogen-bond acceptors (Lipinski definition) is 6. The second-order valence-corrected chi connectivity index (χ2v) is 6.07. The van der Waals surface area contributed by atoms with E-state index < -0.39 is 0 Å². The number of carbonyl (C=O) groups excluding carboxylic acids is 1. The number of carbonyl (C=O) groups is 1. The Kier molecular flexibility index (Phi) is 3.88. The molecule has 0 radical (unpaired) electrons. The number of hydrogen-bond donors (Lipinski definition) is 1. The van der Waals surface area contributed by atoms with Gasteiger partial charge in [0.05, 0.1) is 24.2 Å². The lowest BCUT2D eigenvalue weighted by Gasteiger charge is -2.08. The monoisotopic (exact) mass is 303 g/mol. The van der Waals surface area contributed by atoms with Crippen molar-refractivity contribution in [2.75, 3.05) is 11.9 Å². The van der Waals surface area contributed by atoms with Gasteiger partial charge >= 0.3 is 5.97 Å². The molecule has 1 aliphatic carbocycles. The van der Waals surface area contributed by atoms with Crippen LogP contribution in [0.25, 0.3) is 0 Å². The molecule has 1 N–H and O–H groups in total. The smallest absolute Gasteiger partial charge is 0.315 e. The Morgan fingerprint density at radius 2 is 2.43 bits per heavy atom. The molecule has 110 valence electrons. The number of thiazole rings is 1. The first-order valence-corrected chi connectivity index (χ1v) is 7.84. The zero-order valence-electron chi connectivity index (χ0n) is 12.0. The third kappa shape index (κ3) is 2.76. The maximum Gasteiger partial charge on any atom is 0.315 e. The number of nitrogens with zero attached hydrogens (tertiary/aromatic N) is 2. The molecule has 2 aromatic rings. The SMILES string of the molecule is CCOC(=O)C1CCc2sc(Nc3cnccc3C)nc21. The minimum absolute atomic E-state index is 0.161. The van der Waals surface area contributed by atoms with Crippen LogP contribution >= 0.6 is 11.3 Å². The van der Waals surface area contributed by atoms with Crippen LogP contribution in [0.5, 0.6) is 0 Å². The van der Waals surface area contributed by atoms with Crippen LogP contribution in [0.4, 0.5) is 10.8 Å². The predicted molar refractivity (Wildman–Crippen MR) is 82.1 cm³/mol. The molecule has 0 saturated carbocycles. The molecule has 6 heteroatoms. The average molecular weight is 303 g/mol. The molecule has 21 heavy (non-hydrogen) atoms. The number of fused-ring (bicyclic) bond motifs is 1. The molecule has 0 amide bonds. The molecule has 3 rings (SSSR count). The number of ether oxygens (including phenoxy) is 1. The van der Waals surface area contributed by atoms with Crippen LogP contribution < -0.4 is 5.32 Å². The third-order valence-electron chi connectivity index (χ3n) is 3.57. The van der Waals surface area contributed by atoms with Crippen LogP contribution in [0.3, 0.4) is 0 Å². The second-order valence-electron chi connectivity index (χ2n) is 4.99. The summed E-state index contributed by atoms with van der Waals surface area (Å²) in [5.74, 6) is -0.368. The Hall–Kier alpha value is -1.95. The van der Waals surface area contributed by atoms with E-state index in [9.17, 15) is 4.79 Å². The van der Waals surface area contributed by atoms with E-state index in [1.54, 1.807) is 23.7 Å². The molecule has 1 atom stereocenters. The quantitative estimate of drug-likeness (QED) is 0.879. The summed E-state index contributed by atoms with van der Waals surface area (Å²) in [6.45, 7) is 4.26. The second kappa shape index (κ2) is 5.81. The summed E-state index contributed by atoms with van der Waals surface area (Å²) in [4.78, 5) is 21.8. The Morgan fingerprint density at radius 3 is 3.19 bits per heavy atom. The third-order valence-corrected chi connectivity index (χ3v) is 4.62. The summed E-state index contributed by atoms with van der Waals surface area (Å²) in [5, 5.41) is 4.10. The summed E-state index contributed by atoms with van der Waals surface area (Å²) in [5.41, 5.74) is 2.93. The fourth-order valence-corrected chi connectivity index (χ4v) is 3.51. The molecule has 1 aliphatic rings. The van der Waals surface area contributed by atoms with E-state index in [4.69, 9.17) is 4.74 Å². The minimum atomic E-state index is -0.207. The highest BCUT2D eigenvalue weighted by Gasteiger charge is 2.33. The highest BCUT2D eigenvalue weighted by molar-refractivity contribution is 7.15. The summed E-state index contributed by atoms with van der Waals surface area (Å²) in [6.07, 6.45) is 5.24. The first kappa shape index (κ1) is 14.0. The standard InChI is InChI=1S/C15H17N3O2S/c1-3-20-14(19)10-4-5-12-13(10)18-15(21-12)17-11-8-16-7-6-9(11)2/h6-8,10H,3-5H2,1-2H3,(H,17,18). The van der Waals surface area contributed by atoms with Crippen molar-refractivity contribution in [3.63, 3.8) is 0 Å². The Morgan fingerprint density at radius 1 is 1.57 bits per heavy atom. The van der Waals surface area contributed by atoms with Crippen LogP contribution in [-0.2, 0) is 16.0 Å². The van der Waals surface area contributed by atoms with Gasteiger partial charge in [-0.15, -0.1) is 11.3 Å². The van der Waals surface area contributed by atoms with Crippen molar-refractivity contribution in [3.8, 4) is 0 Å². The molecule has 1 unspecified atom stereocenters. The number of pyridine rings is 1. The van der Waals surface area contributed by atoms with Gasteiger partial charge < -0.3 is 10.1 Å². The molecular formula is C15H17N3O2S. The van der Waals surface area contributed by atoms with Crippen molar-refractivity contribution in [3.05, 3.63) is 34.6 Å². The number of rotatable bonds is 4. The molecule has 0 bridgehead atoms. The van der Waals surface area contributed by atoms with Gasteiger partial charge in [-0.2, -0.15) is 0 Å². The number of anilines is 2. The maximum atomic E-state index is 11.9. The van der Waals surface area contributed by atoms with Crippen molar-refractivity contribution < 1.29 is 9.53 Å². The molecule has 2 aromatic heterocycles. The predicted octanol–water partition coefficient (Wildman–Crippen LogP) is 3.18. The van der Waals surface area contributed by atoms with Crippen molar-refractivity contribution in [2.24, 2.45) is 0 Å². The van der Waals surface area contributed by atoms with Crippen molar-refractivity contribution in [1.29, 1.82) is 0 Å². The highest BCUT2D eigenvalue weighted by atomic mass is 32.1. The first-order valence-electron chi connectivity index (χ1n) is 7.03. The van der Waals surface area contributed by atoms with E-state index in [-0.39, 0.29) is 11.9 Å². The highest BCUT2D eigenvalue weighted by Crippen LogP contribution is 2.39. The van der Waals surface area contributed by atoms with E-state index in [1.807, 2.05) is 19.9 Å². The van der Waals surface area contributed by atoms with Crippen LogP contribution in [0.1, 0.15) is 35.4 Å². The largest absolute Gasteiger partial charge is 0.465 e. The normalized spacial score (nSPS) is 16.6. The molecular weight excluding hydrogens is 286 g/mol. The summed E-state index contributed by atoms with van der Waals surface area (Å²) >= 11 is 1.61. The van der Waals surface area contributed by atoms with Gasteiger partial charge in [-0.1, -0.05) is 0 Å². The lowest BCUT2D eigenvalue weighted by Crippen LogP contribution is -2.14. The molecule has 0 saturated heterocycles. The fourth-order valence-electron chi connectivity index (χ4n) is 2.46. The maximum absolute atomic E-state index is 11.9. The summed E-state index contributed by atoms with van der Waals surface area (Å²) in [7, 11) is 0. The molecule has 5 nitrogen and oxygen atoms in total. The molecule has 0 fully saturated rings. The van der Waals surface area contributed by atoms with Crippen molar-refractivity contribution in [2.45, 2.75) is 32.6 Å². The number of esters is 1. The van der Waals surface area contributed by atoms with Crippen molar-refractivity contribution in [1.82, 2.24) is 9.97 Å². The topological polar surface area (TPSA) is 64.1 Å². The van der Waals surface area contributed by atoms with E-state index in [2.05, 4.69) is 15.3 Å². The molecule has 2 heterocycles. The molecule has 0 aromatic carbocycles. The van der Waals surface area contributed by atoms with Crippen LogP contribution in [-0.4, -0.2) is 22.5 Å². The van der Waals surface area contributed by atoms with Crippen molar-refractivity contribution >= 4 is 28.1 Å². The number of aryl methyl sites for hydroxylation is 2. The van der Waals surface area contributed by atoms with Gasteiger partial charge in [-0.3, -0.25) is 9.78 Å². The van der Waals surface area contributed by atoms with Crippen LogP contribution in [0.15, 0.2) is 18.5 Å². The van der Waals surface area contributed by atoms with E-state index >= 15 is 0 Å². The lowest BCUT2D eigenvalue weighted by molar-refractivity contribution is -0.145. The number of aromatic nitrogens is 2. The zero-order chi connectivity index (χ0) is 14.8. The summed E-state index contributed by atoms with van der Waals surface area (Å²) in [6, 6.07) is 1.95. The minimum Gasteiger partial charge on any atom is -0.465 e. The van der Waals surface area contributed by atoms with Gasteiger partial charge in [0.2, 0.25) is 0 Å². The van der Waals surface area contributed by atoms with E-state index in [0.29, 0.717) is 6.61 Å². The van der Waals surface area contributed by atoms with Gasteiger partial charge in [0.1, 0.15) is 5.92 Å². The van der Waals surface area contributed by atoms with Gasteiger partial charge in [-0.25, -0.2) is 4.98 Å². The van der Waals surface area contributed by atoms with Crippen LogP contribution in [0, 0.1) is 6.92 Å². The first-order chi connectivity index (χ1) is 10.2. The zero-order valence-corrected chi connectivity index (χ0v) is 12.9. The van der Waals surface area contributed by atoms with E-state index in [1.165, 1.54) is 4.88 Å². The average Bonchev–Trinajstić information content (AvgIpc) is 3.01. The lowest BCUT2D eigenvalue weighted by atomic mass is 10.1. The van der Waals surface area contributed by atoms with Gasteiger partial charge in [0, 0.05) is 11.1 Å². The van der Waals surface area contributed by atoms with Gasteiger partial charge in [0.25, 0.3) is 0 Å².